The lowest BCUT2D eigenvalue weighted by Crippen LogP contribution is -2.23. The van der Waals surface area contributed by atoms with Gasteiger partial charge in [0.25, 0.3) is 5.56 Å². The average molecular weight is 592 g/mol. The minimum absolute atomic E-state index is 0.172. The molecule has 3 aromatic carbocycles. The van der Waals surface area contributed by atoms with E-state index in [-0.39, 0.29) is 11.3 Å². The number of hydrogen-bond acceptors (Lipinski definition) is 7. The van der Waals surface area contributed by atoms with Gasteiger partial charge in [-0.25, -0.2) is 9.07 Å². The van der Waals surface area contributed by atoms with Crippen molar-refractivity contribution in [2.75, 3.05) is 13.2 Å². The number of benzene rings is 3. The Morgan fingerprint density at radius 3 is 2.53 bits per heavy atom. The van der Waals surface area contributed by atoms with Crippen molar-refractivity contribution in [3.63, 3.8) is 0 Å². The number of halogens is 1. The molecule has 0 unspecified atom stereocenters. The van der Waals surface area contributed by atoms with Crippen LogP contribution in [0.15, 0.2) is 96.4 Å². The number of nitrogens with zero attached hydrogens (tertiary/aromatic N) is 5. The molecule has 0 radical (unpaired) electrons. The SMILES string of the molecule is C=CCOc1ccc(/C=C/c2nc3s/c(=C\c4cn(-c5ccccc5)nc4-c4ccc(OCC)c(F)c4)c(=O)n3n2)cc1. The van der Waals surface area contributed by atoms with Crippen LogP contribution in [-0.2, 0) is 0 Å². The van der Waals surface area contributed by atoms with Crippen LogP contribution in [0.3, 0.4) is 0 Å². The summed E-state index contributed by atoms with van der Waals surface area (Å²) >= 11 is 1.22. The van der Waals surface area contributed by atoms with E-state index in [4.69, 9.17) is 14.6 Å². The highest BCUT2D eigenvalue weighted by Crippen LogP contribution is 2.28. The van der Waals surface area contributed by atoms with Crippen molar-refractivity contribution >= 4 is 34.5 Å². The van der Waals surface area contributed by atoms with Gasteiger partial charge in [-0.1, -0.05) is 60.4 Å². The van der Waals surface area contributed by atoms with Crippen LogP contribution in [0.1, 0.15) is 23.9 Å². The summed E-state index contributed by atoms with van der Waals surface area (Å²) in [4.78, 5) is 18.3. The Kier molecular flexibility index (Phi) is 7.92. The molecule has 0 bridgehead atoms. The second kappa shape index (κ2) is 12.3. The zero-order valence-corrected chi connectivity index (χ0v) is 24.0. The van der Waals surface area contributed by atoms with Crippen molar-refractivity contribution in [3.05, 3.63) is 129 Å². The Balaban J connectivity index is 1.34. The standard InChI is InChI=1S/C33H26FN5O3S/c1-3-18-42-26-14-10-22(11-15-26)12-17-30-35-33-39(36-30)32(40)29(43-33)20-24-21-38(25-8-6-5-7-9-25)37-31(24)23-13-16-28(41-4-2)27(34)19-23/h3,5-17,19-21H,1,4,18H2,2H3/b17-12+,29-20-. The van der Waals surface area contributed by atoms with Crippen molar-refractivity contribution in [2.24, 2.45) is 0 Å². The molecular formula is C33H26FN5O3S. The van der Waals surface area contributed by atoms with Gasteiger partial charge in [-0.3, -0.25) is 4.79 Å². The number of fused-ring (bicyclic) bond motifs is 1. The molecule has 0 N–H and O–H groups in total. The molecule has 214 valence electrons. The zero-order valence-electron chi connectivity index (χ0n) is 23.2. The number of thiazole rings is 1. The zero-order chi connectivity index (χ0) is 29.8. The first-order chi connectivity index (χ1) is 21.0. The van der Waals surface area contributed by atoms with Gasteiger partial charge in [0.15, 0.2) is 17.4 Å². The first-order valence-corrected chi connectivity index (χ1v) is 14.3. The Labute approximate surface area is 250 Å². The monoisotopic (exact) mass is 591 g/mol. The number of aromatic nitrogens is 5. The van der Waals surface area contributed by atoms with Gasteiger partial charge in [-0.05, 0) is 67.1 Å². The first-order valence-electron chi connectivity index (χ1n) is 13.5. The molecule has 0 saturated carbocycles. The van der Waals surface area contributed by atoms with Gasteiger partial charge in [0.1, 0.15) is 18.1 Å². The Hall–Kier alpha value is -5.35. The maximum Gasteiger partial charge on any atom is 0.291 e. The molecule has 0 saturated heterocycles. The van der Waals surface area contributed by atoms with E-state index in [1.165, 1.54) is 21.9 Å². The van der Waals surface area contributed by atoms with E-state index in [0.717, 1.165) is 17.0 Å². The number of hydrogen-bond donors (Lipinski definition) is 0. The summed E-state index contributed by atoms with van der Waals surface area (Å²) in [5, 5.41) is 9.14. The topological polar surface area (TPSA) is 83.5 Å². The highest BCUT2D eigenvalue weighted by Gasteiger charge is 2.16. The van der Waals surface area contributed by atoms with E-state index in [1.54, 1.807) is 42.0 Å². The Bertz CT molecular complexity index is 2050. The Morgan fingerprint density at radius 1 is 1.00 bits per heavy atom. The molecule has 0 amide bonds. The van der Waals surface area contributed by atoms with Crippen LogP contribution in [0.25, 0.3) is 40.1 Å². The van der Waals surface area contributed by atoms with Gasteiger partial charge in [-0.15, -0.1) is 5.10 Å². The van der Waals surface area contributed by atoms with Crippen molar-refractivity contribution in [1.29, 1.82) is 0 Å². The molecule has 3 aromatic heterocycles. The molecule has 0 spiro atoms. The van der Waals surface area contributed by atoms with E-state index in [2.05, 4.69) is 16.7 Å². The lowest BCUT2D eigenvalue weighted by atomic mass is 10.1. The Morgan fingerprint density at radius 2 is 1.81 bits per heavy atom. The lowest BCUT2D eigenvalue weighted by Gasteiger charge is -2.06. The minimum Gasteiger partial charge on any atom is -0.491 e. The molecule has 0 aliphatic rings. The summed E-state index contributed by atoms with van der Waals surface area (Å²) in [5.74, 6) is 0.860. The highest BCUT2D eigenvalue weighted by molar-refractivity contribution is 7.15. The van der Waals surface area contributed by atoms with Gasteiger partial charge >= 0.3 is 0 Å². The van der Waals surface area contributed by atoms with E-state index in [9.17, 15) is 9.18 Å². The van der Waals surface area contributed by atoms with Crippen molar-refractivity contribution in [2.45, 2.75) is 6.92 Å². The lowest BCUT2D eigenvalue weighted by molar-refractivity contribution is 0.321. The normalized spacial score (nSPS) is 11.9. The molecule has 43 heavy (non-hydrogen) atoms. The van der Waals surface area contributed by atoms with Crippen molar-refractivity contribution < 1.29 is 13.9 Å². The third-order valence-corrected chi connectivity index (χ3v) is 7.39. The van der Waals surface area contributed by atoms with E-state index in [0.29, 0.717) is 45.4 Å². The van der Waals surface area contributed by atoms with Gasteiger partial charge in [0.05, 0.1) is 16.8 Å². The molecule has 3 heterocycles. The summed E-state index contributed by atoms with van der Waals surface area (Å²) in [6.07, 6.45) is 8.87. The second-order valence-electron chi connectivity index (χ2n) is 9.37. The van der Waals surface area contributed by atoms with Gasteiger partial charge in [0, 0.05) is 17.3 Å². The fourth-order valence-electron chi connectivity index (χ4n) is 4.41. The summed E-state index contributed by atoms with van der Waals surface area (Å²) in [7, 11) is 0. The first kappa shape index (κ1) is 27.8. The van der Waals surface area contributed by atoms with Crippen LogP contribution in [0.5, 0.6) is 11.5 Å². The van der Waals surface area contributed by atoms with Crippen LogP contribution in [0.2, 0.25) is 0 Å². The van der Waals surface area contributed by atoms with Crippen LogP contribution in [-0.4, -0.2) is 37.6 Å². The van der Waals surface area contributed by atoms with Crippen molar-refractivity contribution in [1.82, 2.24) is 24.4 Å². The summed E-state index contributed by atoms with van der Waals surface area (Å²) in [6, 6.07) is 21.9. The molecule has 10 heteroatoms. The summed E-state index contributed by atoms with van der Waals surface area (Å²) in [5.41, 5.74) is 3.20. The highest BCUT2D eigenvalue weighted by atomic mass is 32.1. The van der Waals surface area contributed by atoms with Crippen LogP contribution >= 0.6 is 11.3 Å². The maximum atomic E-state index is 14.8. The average Bonchev–Trinajstić information content (AvgIpc) is 3.71. The largest absolute Gasteiger partial charge is 0.491 e. The van der Waals surface area contributed by atoms with Gasteiger partial charge < -0.3 is 9.47 Å². The van der Waals surface area contributed by atoms with Gasteiger partial charge in [-0.2, -0.15) is 14.6 Å². The molecule has 0 fully saturated rings. The minimum atomic E-state index is -0.486. The predicted molar refractivity (Wildman–Crippen MR) is 167 cm³/mol. The van der Waals surface area contributed by atoms with Crippen LogP contribution < -0.4 is 19.6 Å². The third-order valence-electron chi connectivity index (χ3n) is 6.43. The van der Waals surface area contributed by atoms with E-state index < -0.39 is 5.82 Å². The van der Waals surface area contributed by atoms with E-state index in [1.807, 2.05) is 66.9 Å². The third kappa shape index (κ3) is 6.00. The maximum absolute atomic E-state index is 14.8. The molecule has 6 rings (SSSR count). The molecule has 0 aliphatic heterocycles. The molecule has 0 aliphatic carbocycles. The smallest absolute Gasteiger partial charge is 0.291 e. The predicted octanol–water partition coefficient (Wildman–Crippen LogP) is 5.82. The van der Waals surface area contributed by atoms with Crippen LogP contribution in [0.4, 0.5) is 4.39 Å². The molecule has 6 aromatic rings. The summed E-state index contributed by atoms with van der Waals surface area (Å²) < 4.78 is 29.1. The molecular weight excluding hydrogens is 565 g/mol. The number of rotatable bonds is 10. The van der Waals surface area contributed by atoms with Crippen LogP contribution in [0, 0.1) is 5.82 Å². The van der Waals surface area contributed by atoms with E-state index >= 15 is 0 Å². The number of para-hydroxylation sites is 1. The fraction of sp³-hybridized carbons (Fsp3) is 0.0909. The fourth-order valence-corrected chi connectivity index (χ4v) is 5.32. The second-order valence-corrected chi connectivity index (χ2v) is 10.4. The summed E-state index contributed by atoms with van der Waals surface area (Å²) in [6.45, 7) is 6.25. The molecule has 0 atom stereocenters. The van der Waals surface area contributed by atoms with Gasteiger partial charge in [0.2, 0.25) is 4.96 Å². The van der Waals surface area contributed by atoms with Crippen molar-refractivity contribution in [3.8, 4) is 28.4 Å². The molecule has 8 nitrogen and oxygen atoms in total. The number of ether oxygens (including phenoxy) is 2. The quantitative estimate of drug-likeness (QED) is 0.187.